The Morgan fingerprint density at radius 1 is 1.07 bits per heavy atom. The van der Waals surface area contributed by atoms with E-state index < -0.39 is 18.0 Å². The molecule has 86 valence electrons. The lowest BCUT2D eigenvalue weighted by molar-refractivity contribution is -0.378. The van der Waals surface area contributed by atoms with Crippen molar-refractivity contribution in [3.63, 3.8) is 0 Å². The first-order chi connectivity index (χ1) is 6.56. The van der Waals surface area contributed by atoms with Gasteiger partial charge in [0.2, 0.25) is 0 Å². The van der Waals surface area contributed by atoms with E-state index in [4.69, 9.17) is 5.73 Å². The lowest BCUT2D eigenvalue weighted by atomic mass is 10.4. The van der Waals surface area contributed by atoms with Crippen LogP contribution < -0.4 is 5.73 Å². The second kappa shape index (κ2) is 4.33. The van der Waals surface area contributed by atoms with Gasteiger partial charge in [-0.1, -0.05) is 13.2 Å². The Hall–Kier alpha value is -1.53. The third-order valence-electron chi connectivity index (χ3n) is 1.07. The van der Waals surface area contributed by atoms with Gasteiger partial charge in [0.1, 0.15) is 5.76 Å². The van der Waals surface area contributed by atoms with Crippen molar-refractivity contribution in [3.05, 3.63) is 36.8 Å². The molecule has 0 aliphatic carbocycles. The minimum absolute atomic E-state index is 0.0323. The second-order valence-electron chi connectivity index (χ2n) is 2.49. The Morgan fingerprint density at radius 3 is 1.87 bits per heavy atom. The highest BCUT2D eigenvalue weighted by molar-refractivity contribution is 5.18. The lowest BCUT2D eigenvalue weighted by Gasteiger charge is -2.19. The smallest absolute Gasteiger partial charge is 0.426 e. The zero-order valence-electron chi connectivity index (χ0n) is 7.44. The van der Waals surface area contributed by atoms with E-state index in [1.807, 2.05) is 0 Å². The maximum absolute atomic E-state index is 12.2. The van der Waals surface area contributed by atoms with Gasteiger partial charge >= 0.3 is 12.3 Å². The molecule has 0 rings (SSSR count). The number of ether oxygens (including phenoxy) is 1. The summed E-state index contributed by atoms with van der Waals surface area (Å²) in [5.74, 6) is -0.871. The Bertz CT molecular complexity index is 292. The zero-order chi connectivity index (χ0) is 12.3. The SMILES string of the molecule is C=C(N)/C=C\C(=C)OC(F)(F)C(F)(F)F. The van der Waals surface area contributed by atoms with Crippen LogP contribution in [0.5, 0.6) is 0 Å². The van der Waals surface area contributed by atoms with Crippen molar-refractivity contribution in [2.24, 2.45) is 5.73 Å². The van der Waals surface area contributed by atoms with Crippen LogP contribution in [-0.4, -0.2) is 12.3 Å². The van der Waals surface area contributed by atoms with Crippen LogP contribution in [0.4, 0.5) is 22.0 Å². The minimum atomic E-state index is -5.79. The highest BCUT2D eigenvalue weighted by Crippen LogP contribution is 2.37. The van der Waals surface area contributed by atoms with Gasteiger partial charge in [-0.25, -0.2) is 0 Å². The summed E-state index contributed by atoms with van der Waals surface area (Å²) in [6.45, 7) is 6.00. The van der Waals surface area contributed by atoms with Crippen LogP contribution in [0.25, 0.3) is 0 Å². The predicted octanol–water partition coefficient (Wildman–Crippen LogP) is 2.70. The molecule has 15 heavy (non-hydrogen) atoms. The topological polar surface area (TPSA) is 35.2 Å². The molecule has 0 saturated heterocycles. The van der Waals surface area contributed by atoms with E-state index >= 15 is 0 Å². The highest BCUT2D eigenvalue weighted by Gasteiger charge is 2.61. The third kappa shape index (κ3) is 4.48. The molecule has 0 saturated carbocycles. The molecule has 0 bridgehead atoms. The van der Waals surface area contributed by atoms with E-state index in [1.54, 1.807) is 0 Å². The number of alkyl halides is 5. The number of hydrogen-bond donors (Lipinski definition) is 1. The predicted molar refractivity (Wildman–Crippen MR) is 43.7 cm³/mol. The normalized spacial score (nSPS) is 12.9. The van der Waals surface area contributed by atoms with Crippen molar-refractivity contribution >= 4 is 0 Å². The van der Waals surface area contributed by atoms with E-state index in [1.165, 1.54) is 0 Å². The minimum Gasteiger partial charge on any atom is -0.426 e. The summed E-state index contributed by atoms with van der Waals surface area (Å²) < 4.78 is 62.6. The summed E-state index contributed by atoms with van der Waals surface area (Å²) in [5, 5.41) is 0. The zero-order valence-corrected chi connectivity index (χ0v) is 7.44. The molecule has 0 amide bonds. The van der Waals surface area contributed by atoms with Crippen LogP contribution in [0.1, 0.15) is 0 Å². The molecule has 0 aromatic carbocycles. The van der Waals surface area contributed by atoms with E-state index in [-0.39, 0.29) is 5.70 Å². The third-order valence-corrected chi connectivity index (χ3v) is 1.07. The van der Waals surface area contributed by atoms with E-state index in [0.717, 1.165) is 12.2 Å². The molecule has 7 heteroatoms. The second-order valence-corrected chi connectivity index (χ2v) is 2.49. The summed E-state index contributed by atoms with van der Waals surface area (Å²) >= 11 is 0. The molecular weight excluding hydrogens is 221 g/mol. The fourth-order valence-corrected chi connectivity index (χ4v) is 0.457. The van der Waals surface area contributed by atoms with Crippen LogP contribution in [0.15, 0.2) is 36.8 Å². The van der Waals surface area contributed by atoms with Gasteiger partial charge < -0.3 is 10.5 Å². The van der Waals surface area contributed by atoms with Gasteiger partial charge in [0, 0.05) is 5.70 Å². The molecule has 2 nitrogen and oxygen atoms in total. The molecule has 0 spiro atoms. The molecule has 0 radical (unpaired) electrons. The van der Waals surface area contributed by atoms with Gasteiger partial charge in [0.05, 0.1) is 0 Å². The Labute approximate surface area is 82.5 Å². The average Bonchev–Trinajstić information content (AvgIpc) is 1.97. The van der Waals surface area contributed by atoms with Crippen LogP contribution >= 0.6 is 0 Å². The van der Waals surface area contributed by atoms with Gasteiger partial charge in [-0.3, -0.25) is 0 Å². The molecule has 0 unspecified atom stereocenters. The van der Waals surface area contributed by atoms with Crippen molar-refractivity contribution in [3.8, 4) is 0 Å². The Kier molecular flexibility index (Phi) is 3.89. The maximum atomic E-state index is 12.2. The molecule has 0 atom stereocenters. The van der Waals surface area contributed by atoms with Gasteiger partial charge in [0.15, 0.2) is 0 Å². The molecule has 0 heterocycles. The molecule has 0 fully saturated rings. The molecule has 0 aromatic rings. The Morgan fingerprint density at radius 2 is 1.53 bits per heavy atom. The molecule has 0 aliphatic rings. The number of allylic oxidation sites excluding steroid dienone is 2. The fraction of sp³-hybridized carbons (Fsp3) is 0.250. The van der Waals surface area contributed by atoms with Crippen molar-refractivity contribution in [1.29, 1.82) is 0 Å². The van der Waals surface area contributed by atoms with Gasteiger partial charge in [-0.15, -0.1) is 0 Å². The summed E-state index contributed by atoms with van der Waals surface area (Å²) in [4.78, 5) is 0. The number of halogens is 5. The van der Waals surface area contributed by atoms with Crippen molar-refractivity contribution in [2.45, 2.75) is 12.3 Å². The van der Waals surface area contributed by atoms with E-state index in [9.17, 15) is 22.0 Å². The summed E-state index contributed by atoms with van der Waals surface area (Å²) in [7, 11) is 0. The van der Waals surface area contributed by atoms with E-state index in [0.29, 0.717) is 0 Å². The summed E-state index contributed by atoms with van der Waals surface area (Å²) in [6.07, 6.45) is -9.33. The first-order valence-electron chi connectivity index (χ1n) is 3.51. The number of nitrogens with two attached hydrogens (primary N) is 1. The fourth-order valence-electron chi connectivity index (χ4n) is 0.457. The molecule has 0 aromatic heterocycles. The standard InChI is InChI=1S/C8H8F5NO/c1-5(14)3-4-6(2)15-8(12,13)7(9,10)11/h3-4H,1-2,14H2/b4-3-. The van der Waals surface area contributed by atoms with Crippen molar-refractivity contribution < 1.29 is 26.7 Å². The highest BCUT2D eigenvalue weighted by atomic mass is 19.4. The van der Waals surface area contributed by atoms with Crippen LogP contribution in [0, 0.1) is 0 Å². The van der Waals surface area contributed by atoms with Crippen LogP contribution in [-0.2, 0) is 4.74 Å². The number of rotatable bonds is 4. The lowest BCUT2D eigenvalue weighted by Crippen LogP contribution is -2.38. The van der Waals surface area contributed by atoms with E-state index in [2.05, 4.69) is 17.9 Å². The monoisotopic (exact) mass is 229 g/mol. The summed E-state index contributed by atoms with van der Waals surface area (Å²) in [6, 6.07) is 0. The first-order valence-corrected chi connectivity index (χ1v) is 3.51. The number of hydrogen-bond acceptors (Lipinski definition) is 2. The molecule has 0 aliphatic heterocycles. The maximum Gasteiger partial charge on any atom is 0.498 e. The quantitative estimate of drug-likeness (QED) is 0.457. The largest absolute Gasteiger partial charge is 0.498 e. The summed E-state index contributed by atoms with van der Waals surface area (Å²) in [5.41, 5.74) is 4.97. The van der Waals surface area contributed by atoms with Gasteiger partial charge in [-0.05, 0) is 12.2 Å². The first kappa shape index (κ1) is 13.5. The van der Waals surface area contributed by atoms with Crippen molar-refractivity contribution in [2.75, 3.05) is 0 Å². The van der Waals surface area contributed by atoms with Gasteiger partial charge in [0.25, 0.3) is 0 Å². The van der Waals surface area contributed by atoms with Crippen molar-refractivity contribution in [1.82, 2.24) is 0 Å². The van der Waals surface area contributed by atoms with Gasteiger partial charge in [-0.2, -0.15) is 22.0 Å². The van der Waals surface area contributed by atoms with Crippen LogP contribution in [0.2, 0.25) is 0 Å². The Balaban J connectivity index is 4.49. The molecular formula is C8H8F5NO. The molecule has 2 N–H and O–H groups in total. The van der Waals surface area contributed by atoms with Crippen LogP contribution in [0.3, 0.4) is 0 Å². The average molecular weight is 229 g/mol.